The Kier molecular flexibility index (Phi) is 3.82. The highest BCUT2D eigenvalue weighted by molar-refractivity contribution is 7.18. The second-order valence-electron chi connectivity index (χ2n) is 8.25. The molecule has 1 aromatic heterocycles. The van der Waals surface area contributed by atoms with Gasteiger partial charge in [0.05, 0.1) is 34.2 Å². The molecule has 0 radical (unpaired) electrons. The number of likely N-dealkylation sites (tertiary alicyclic amines) is 1. The molecule has 152 valence electrons. The number of rotatable bonds is 2. The van der Waals surface area contributed by atoms with E-state index in [0.29, 0.717) is 31.5 Å². The lowest BCUT2D eigenvalue weighted by Crippen LogP contribution is -2.48. The minimum atomic E-state index is -0.696. The first-order valence-electron chi connectivity index (χ1n) is 10.3. The average Bonchev–Trinajstić information content (AvgIpc) is 3.47. The van der Waals surface area contributed by atoms with Gasteiger partial charge in [0.2, 0.25) is 5.91 Å². The van der Waals surface area contributed by atoms with E-state index in [1.54, 1.807) is 11.3 Å². The Bertz CT molecular complexity index is 1180. The molecule has 30 heavy (non-hydrogen) atoms. The van der Waals surface area contributed by atoms with E-state index in [0.717, 1.165) is 20.8 Å². The quantitative estimate of drug-likeness (QED) is 0.638. The monoisotopic (exact) mass is 419 g/mol. The van der Waals surface area contributed by atoms with Crippen molar-refractivity contribution in [3.8, 4) is 0 Å². The summed E-state index contributed by atoms with van der Waals surface area (Å²) in [4.78, 5) is 34.4. The second kappa shape index (κ2) is 6.36. The number of fused-ring (bicyclic) bond motifs is 1. The second-order valence-corrected chi connectivity index (χ2v) is 9.48. The molecule has 3 aromatic rings. The largest absolute Gasteiger partial charge is 0.343 e. The molecule has 0 bridgehead atoms. The average molecular weight is 420 g/mol. The van der Waals surface area contributed by atoms with E-state index in [4.69, 9.17) is 4.74 Å². The zero-order valence-electron chi connectivity index (χ0n) is 16.6. The minimum absolute atomic E-state index is 0.0359. The number of amides is 2. The molecule has 0 N–H and O–H groups in total. The lowest BCUT2D eigenvalue weighted by molar-refractivity contribution is -0.138. The van der Waals surface area contributed by atoms with Crippen LogP contribution in [0.2, 0.25) is 0 Å². The fourth-order valence-corrected chi connectivity index (χ4v) is 6.11. The van der Waals surface area contributed by atoms with E-state index in [1.807, 2.05) is 65.3 Å². The Labute approximate surface area is 178 Å². The molecule has 2 aromatic carbocycles. The summed E-state index contributed by atoms with van der Waals surface area (Å²) in [6.07, 6.45) is 0.833. The first-order valence-corrected chi connectivity index (χ1v) is 11.1. The maximum atomic E-state index is 13.4. The molecule has 6 rings (SSSR count). The van der Waals surface area contributed by atoms with Crippen LogP contribution < -0.4 is 0 Å². The molecular weight excluding hydrogens is 398 g/mol. The molecule has 3 saturated heterocycles. The van der Waals surface area contributed by atoms with Crippen LogP contribution in [0.4, 0.5) is 0 Å². The van der Waals surface area contributed by atoms with Crippen molar-refractivity contribution in [3.05, 3.63) is 64.7 Å². The summed E-state index contributed by atoms with van der Waals surface area (Å²) in [5.74, 6) is 0.0377. The van der Waals surface area contributed by atoms with Gasteiger partial charge in [0.15, 0.2) is 5.72 Å². The lowest BCUT2D eigenvalue weighted by atomic mass is 10.1. The topological polar surface area (TPSA) is 62.7 Å². The van der Waals surface area contributed by atoms with Gasteiger partial charge in [-0.25, -0.2) is 4.98 Å². The summed E-state index contributed by atoms with van der Waals surface area (Å²) in [6.45, 7) is 3.11. The Morgan fingerprint density at radius 1 is 1.23 bits per heavy atom. The number of ether oxygens (including phenoxy) is 1. The summed E-state index contributed by atoms with van der Waals surface area (Å²) >= 11 is 1.59. The number of carbonyl (C=O) groups excluding carboxylic acids is 2. The van der Waals surface area contributed by atoms with Crippen molar-refractivity contribution in [2.75, 3.05) is 13.1 Å². The third-order valence-electron chi connectivity index (χ3n) is 6.60. The third kappa shape index (κ3) is 2.48. The maximum Gasteiger partial charge on any atom is 0.254 e. The number of hydrogen-bond donors (Lipinski definition) is 0. The van der Waals surface area contributed by atoms with Crippen molar-refractivity contribution in [2.45, 2.75) is 37.6 Å². The van der Waals surface area contributed by atoms with Gasteiger partial charge in [0, 0.05) is 18.5 Å². The predicted molar refractivity (Wildman–Crippen MR) is 113 cm³/mol. The van der Waals surface area contributed by atoms with Crippen LogP contribution in [0.5, 0.6) is 0 Å². The predicted octanol–water partition coefficient (Wildman–Crippen LogP) is 3.52. The highest BCUT2D eigenvalue weighted by Gasteiger charge is 2.65. The molecule has 3 atom stereocenters. The van der Waals surface area contributed by atoms with E-state index >= 15 is 0 Å². The van der Waals surface area contributed by atoms with Gasteiger partial charge in [-0.3, -0.25) is 9.59 Å². The van der Waals surface area contributed by atoms with Crippen LogP contribution in [0.3, 0.4) is 0 Å². The van der Waals surface area contributed by atoms with Crippen molar-refractivity contribution in [1.29, 1.82) is 0 Å². The fraction of sp³-hybridized carbons (Fsp3) is 0.348. The summed E-state index contributed by atoms with van der Waals surface area (Å²) in [6, 6.07) is 15.4. The van der Waals surface area contributed by atoms with Crippen molar-refractivity contribution in [3.63, 3.8) is 0 Å². The third-order valence-corrected chi connectivity index (χ3v) is 7.54. The smallest absolute Gasteiger partial charge is 0.254 e. The summed E-state index contributed by atoms with van der Waals surface area (Å²) in [7, 11) is 0. The Hall–Kier alpha value is -2.77. The molecule has 0 unspecified atom stereocenters. The number of benzene rings is 2. The van der Waals surface area contributed by atoms with Crippen molar-refractivity contribution >= 4 is 33.4 Å². The number of hydrogen-bond acceptors (Lipinski definition) is 5. The van der Waals surface area contributed by atoms with Gasteiger partial charge < -0.3 is 14.5 Å². The summed E-state index contributed by atoms with van der Waals surface area (Å²) in [5, 5.41) is 0.984. The Morgan fingerprint density at radius 2 is 2.07 bits per heavy atom. The van der Waals surface area contributed by atoms with Gasteiger partial charge in [0.25, 0.3) is 5.91 Å². The van der Waals surface area contributed by atoms with E-state index < -0.39 is 5.72 Å². The summed E-state index contributed by atoms with van der Waals surface area (Å²) in [5.41, 5.74) is 1.94. The molecule has 4 heterocycles. The zero-order valence-corrected chi connectivity index (χ0v) is 17.4. The van der Waals surface area contributed by atoms with Gasteiger partial charge in [0.1, 0.15) is 6.10 Å². The number of thiazole rings is 1. The lowest BCUT2D eigenvalue weighted by Gasteiger charge is -2.32. The van der Waals surface area contributed by atoms with Gasteiger partial charge in [-0.1, -0.05) is 30.3 Å². The molecular formula is C23H21N3O3S. The van der Waals surface area contributed by atoms with Gasteiger partial charge in [-0.2, -0.15) is 0 Å². The van der Waals surface area contributed by atoms with E-state index in [9.17, 15) is 9.59 Å². The highest BCUT2D eigenvalue weighted by atomic mass is 32.1. The molecule has 1 spiro atoms. The van der Waals surface area contributed by atoms with Gasteiger partial charge in [-0.05, 0) is 30.7 Å². The molecule has 3 aliphatic heterocycles. The molecule has 6 nitrogen and oxygen atoms in total. The van der Waals surface area contributed by atoms with E-state index in [1.165, 1.54) is 0 Å². The number of nitrogens with zero attached hydrogens (tertiary/aromatic N) is 3. The highest BCUT2D eigenvalue weighted by Crippen LogP contribution is 2.50. The Balaban J connectivity index is 1.31. The number of aryl methyl sites for hydroxylation is 1. The standard InChI is InChI=1S/C23H21N3O3S/c1-14-24-17-8-7-16(11-19(17)30-14)22(28)25-10-9-23-20(25)12-21(27)26(23)13-18(29-23)15-5-3-2-4-6-15/h2-8,11,18,20H,9-10,12-13H2,1H3/t18-,20+,23-/m0/s1. The van der Waals surface area contributed by atoms with E-state index in [-0.39, 0.29) is 24.0 Å². The number of carbonyl (C=O) groups is 2. The van der Waals surface area contributed by atoms with Crippen LogP contribution in [-0.2, 0) is 9.53 Å². The van der Waals surface area contributed by atoms with Crippen LogP contribution in [0.15, 0.2) is 48.5 Å². The number of aromatic nitrogens is 1. The SMILES string of the molecule is Cc1nc2ccc(C(=O)N3CC[C@@]45O[C@H](c6ccccc6)CN4C(=O)C[C@@H]35)cc2s1. The van der Waals surface area contributed by atoms with Crippen molar-refractivity contribution in [1.82, 2.24) is 14.8 Å². The first kappa shape index (κ1) is 18.0. The normalized spacial score (nSPS) is 27.7. The minimum Gasteiger partial charge on any atom is -0.343 e. The van der Waals surface area contributed by atoms with E-state index in [2.05, 4.69) is 4.98 Å². The molecule has 7 heteroatoms. The van der Waals surface area contributed by atoms with Gasteiger partial charge >= 0.3 is 0 Å². The van der Waals surface area contributed by atoms with Crippen LogP contribution in [-0.4, -0.2) is 51.5 Å². The molecule has 0 aliphatic carbocycles. The van der Waals surface area contributed by atoms with Crippen LogP contribution in [0.25, 0.3) is 10.2 Å². The fourth-order valence-electron chi connectivity index (χ4n) is 5.25. The first-order chi connectivity index (χ1) is 14.5. The Morgan fingerprint density at radius 3 is 2.90 bits per heavy atom. The van der Waals surface area contributed by atoms with Crippen molar-refractivity contribution < 1.29 is 14.3 Å². The summed E-state index contributed by atoms with van der Waals surface area (Å²) < 4.78 is 7.56. The molecule has 0 saturated carbocycles. The van der Waals surface area contributed by atoms with Gasteiger partial charge in [-0.15, -0.1) is 11.3 Å². The van der Waals surface area contributed by atoms with Crippen LogP contribution in [0, 0.1) is 6.92 Å². The maximum absolute atomic E-state index is 13.4. The van der Waals surface area contributed by atoms with Crippen LogP contribution in [0.1, 0.15) is 39.9 Å². The molecule has 3 aliphatic rings. The molecule has 2 amide bonds. The zero-order chi connectivity index (χ0) is 20.5. The van der Waals surface area contributed by atoms with Crippen LogP contribution >= 0.6 is 11.3 Å². The molecule has 3 fully saturated rings. The van der Waals surface area contributed by atoms with Crippen molar-refractivity contribution in [2.24, 2.45) is 0 Å².